The maximum Gasteiger partial charge on any atom is 0.417 e. The second kappa shape index (κ2) is 19.4. The first-order valence-corrected chi connectivity index (χ1v) is 18.1. The minimum absolute atomic E-state index is 0.00628. The third-order valence-corrected chi connectivity index (χ3v) is 8.65. The van der Waals surface area contributed by atoms with E-state index in [1.54, 1.807) is 60.7 Å². The highest BCUT2D eigenvalue weighted by Crippen LogP contribution is 2.34. The van der Waals surface area contributed by atoms with Gasteiger partial charge in [0.05, 0.1) is 24.7 Å². The van der Waals surface area contributed by atoms with Gasteiger partial charge in [0.1, 0.15) is 17.7 Å². The topological polar surface area (TPSA) is 202 Å². The Morgan fingerprint density at radius 1 is 0.759 bits per heavy atom. The Bertz CT molecular complexity index is 2000. The van der Waals surface area contributed by atoms with Crippen molar-refractivity contribution in [2.75, 3.05) is 30.4 Å². The molecule has 0 spiro atoms. The van der Waals surface area contributed by atoms with Crippen molar-refractivity contribution >= 4 is 58.0 Å². The summed E-state index contributed by atoms with van der Waals surface area (Å²) in [6.45, 7) is -1.03. The molecule has 0 radical (unpaired) electrons. The van der Waals surface area contributed by atoms with Crippen molar-refractivity contribution in [1.29, 1.82) is 0 Å². The summed E-state index contributed by atoms with van der Waals surface area (Å²) in [6.07, 6.45) is -2.49. The lowest BCUT2D eigenvalue weighted by atomic mass is 10.0. The number of carbonyl (C=O) groups excluding carboxylic acids is 5. The van der Waals surface area contributed by atoms with Gasteiger partial charge in [-0.3, -0.25) is 24.0 Å². The summed E-state index contributed by atoms with van der Waals surface area (Å²) < 4.78 is 45.5. The van der Waals surface area contributed by atoms with Crippen molar-refractivity contribution in [2.45, 2.75) is 43.6 Å². The number of rotatable bonds is 17. The van der Waals surface area contributed by atoms with Crippen LogP contribution < -0.4 is 37.9 Å². The smallest absolute Gasteiger partial charge is 0.417 e. The van der Waals surface area contributed by atoms with Gasteiger partial charge in [0.25, 0.3) is 0 Å². The van der Waals surface area contributed by atoms with E-state index >= 15 is 0 Å². The summed E-state index contributed by atoms with van der Waals surface area (Å²) in [5, 5.41) is 12.2. The SMILES string of the molecule is CSCC[C@H](N)C(=O)NCC(=O)N[C@@H](Cc1ccccc1)C(=O)NCC(=O)N[C@@H](Cc1ccccc1)C(=O)Nc1ccc2c(C(F)(F)F)cc(=O)oc2c1. The van der Waals surface area contributed by atoms with Gasteiger partial charge in [-0.15, -0.1) is 0 Å². The van der Waals surface area contributed by atoms with Crippen LogP contribution >= 0.6 is 11.8 Å². The van der Waals surface area contributed by atoms with Gasteiger partial charge in [-0.2, -0.15) is 24.9 Å². The van der Waals surface area contributed by atoms with Crippen LogP contribution in [0.1, 0.15) is 23.1 Å². The van der Waals surface area contributed by atoms with E-state index in [-0.39, 0.29) is 23.9 Å². The van der Waals surface area contributed by atoms with Gasteiger partial charge in [0, 0.05) is 36.0 Å². The van der Waals surface area contributed by atoms with E-state index in [4.69, 9.17) is 10.2 Å². The molecule has 0 aliphatic rings. The number of alkyl halides is 3. The Kier molecular flexibility index (Phi) is 14.8. The molecule has 0 bridgehead atoms. The number of benzene rings is 3. The molecule has 0 saturated carbocycles. The molecule has 17 heteroatoms. The van der Waals surface area contributed by atoms with Gasteiger partial charge in [-0.25, -0.2) is 4.79 Å². The Morgan fingerprint density at radius 3 is 1.83 bits per heavy atom. The molecule has 7 N–H and O–H groups in total. The third kappa shape index (κ3) is 12.5. The molecule has 13 nitrogen and oxygen atoms in total. The normalized spacial score (nSPS) is 12.9. The maximum absolute atomic E-state index is 13.5. The number of hydrogen-bond donors (Lipinski definition) is 6. The molecule has 5 amide bonds. The summed E-state index contributed by atoms with van der Waals surface area (Å²) in [7, 11) is 0. The zero-order chi connectivity index (χ0) is 39.3. The average molecular weight is 769 g/mol. The van der Waals surface area contributed by atoms with E-state index in [1.807, 2.05) is 6.26 Å². The zero-order valence-corrected chi connectivity index (χ0v) is 29.9. The summed E-state index contributed by atoms with van der Waals surface area (Å²) in [5.74, 6) is -2.76. The minimum atomic E-state index is -4.83. The second-order valence-electron chi connectivity index (χ2n) is 12.1. The molecule has 0 unspecified atom stereocenters. The molecule has 0 aliphatic carbocycles. The van der Waals surface area contributed by atoms with Crippen LogP contribution in [0.2, 0.25) is 0 Å². The highest BCUT2D eigenvalue weighted by molar-refractivity contribution is 7.98. The molecule has 1 heterocycles. The fourth-order valence-corrected chi connectivity index (χ4v) is 5.77. The Hall–Kier alpha value is -5.68. The third-order valence-electron chi connectivity index (χ3n) is 8.00. The molecule has 0 saturated heterocycles. The molecular formula is C37H39F3N6O7S. The number of fused-ring (bicyclic) bond motifs is 1. The molecule has 3 atom stereocenters. The highest BCUT2D eigenvalue weighted by atomic mass is 32.2. The van der Waals surface area contributed by atoms with E-state index in [0.29, 0.717) is 29.4 Å². The van der Waals surface area contributed by atoms with Crippen LogP contribution in [-0.4, -0.2) is 72.8 Å². The molecule has 3 aromatic carbocycles. The number of nitrogens with one attached hydrogen (secondary N) is 5. The van der Waals surface area contributed by atoms with Crippen molar-refractivity contribution in [3.8, 4) is 0 Å². The minimum Gasteiger partial charge on any atom is -0.423 e. The van der Waals surface area contributed by atoms with E-state index in [2.05, 4.69) is 26.6 Å². The van der Waals surface area contributed by atoms with Gasteiger partial charge in [0.2, 0.25) is 29.5 Å². The summed E-state index contributed by atoms with van der Waals surface area (Å²) in [4.78, 5) is 76.9. The summed E-state index contributed by atoms with van der Waals surface area (Å²) in [5.41, 5.74) is 4.38. The lowest BCUT2D eigenvalue weighted by Gasteiger charge is -2.21. The molecule has 1 aromatic heterocycles. The largest absolute Gasteiger partial charge is 0.423 e. The van der Waals surface area contributed by atoms with Crippen molar-refractivity contribution in [3.63, 3.8) is 0 Å². The standard InChI is InChI=1S/C37H39F3N6O7S/c1-54-15-14-27(41)34(50)42-20-31(47)45-28(16-22-8-4-2-5-9-22)35(51)43-21-32(48)46-29(17-23-10-6-3-7-11-23)36(52)44-24-12-13-25-26(37(38,39)40)19-33(49)53-30(25)18-24/h2-13,18-19,27-29H,14-17,20-21,41H2,1H3,(H,42,50)(H,43,51)(H,44,52)(H,45,47)(H,46,48)/t27-,28-,29-/m0/s1. The van der Waals surface area contributed by atoms with Crippen LogP contribution in [0, 0.1) is 0 Å². The van der Waals surface area contributed by atoms with Crippen LogP contribution in [0.4, 0.5) is 18.9 Å². The quantitative estimate of drug-likeness (QED) is 0.0874. The monoisotopic (exact) mass is 768 g/mol. The number of anilines is 1. The van der Waals surface area contributed by atoms with Gasteiger partial charge in [-0.1, -0.05) is 60.7 Å². The van der Waals surface area contributed by atoms with Crippen molar-refractivity contribution in [3.05, 3.63) is 112 Å². The lowest BCUT2D eigenvalue weighted by Crippen LogP contribution is -2.54. The Labute approximate surface area is 312 Å². The first-order valence-electron chi connectivity index (χ1n) is 16.7. The number of nitrogens with two attached hydrogens (primary N) is 1. The van der Waals surface area contributed by atoms with E-state index in [9.17, 15) is 41.9 Å². The lowest BCUT2D eigenvalue weighted by molar-refractivity contribution is -0.136. The number of carbonyl (C=O) groups is 5. The molecular weight excluding hydrogens is 730 g/mol. The van der Waals surface area contributed by atoms with Crippen LogP contribution in [0.25, 0.3) is 11.0 Å². The van der Waals surface area contributed by atoms with Gasteiger partial charge < -0.3 is 36.7 Å². The van der Waals surface area contributed by atoms with E-state index < -0.39 is 83.7 Å². The van der Waals surface area contributed by atoms with Crippen LogP contribution in [0.5, 0.6) is 0 Å². The predicted molar refractivity (Wildman–Crippen MR) is 197 cm³/mol. The number of thioether (sulfide) groups is 1. The molecule has 0 fully saturated rings. The van der Waals surface area contributed by atoms with Gasteiger partial charge in [0.15, 0.2) is 0 Å². The van der Waals surface area contributed by atoms with Crippen molar-refractivity contribution in [2.24, 2.45) is 5.73 Å². The predicted octanol–water partition coefficient (Wildman–Crippen LogP) is 2.52. The number of hydrogen-bond acceptors (Lipinski definition) is 9. The number of halogens is 3. The Morgan fingerprint density at radius 2 is 1.30 bits per heavy atom. The molecule has 4 rings (SSSR count). The van der Waals surface area contributed by atoms with Gasteiger partial charge in [-0.05, 0) is 41.7 Å². The summed E-state index contributed by atoms with van der Waals surface area (Å²) in [6, 6.07) is 17.9. The zero-order valence-electron chi connectivity index (χ0n) is 29.0. The maximum atomic E-state index is 13.5. The van der Waals surface area contributed by atoms with Crippen molar-refractivity contribution in [1.82, 2.24) is 21.3 Å². The second-order valence-corrected chi connectivity index (χ2v) is 13.1. The van der Waals surface area contributed by atoms with Crippen molar-refractivity contribution < 1.29 is 41.6 Å². The first-order chi connectivity index (χ1) is 25.7. The highest BCUT2D eigenvalue weighted by Gasteiger charge is 2.34. The van der Waals surface area contributed by atoms with Crippen LogP contribution in [-0.2, 0) is 43.0 Å². The molecule has 0 aliphatic heterocycles. The fraction of sp³-hybridized carbons (Fsp3) is 0.297. The molecule has 54 heavy (non-hydrogen) atoms. The van der Waals surface area contributed by atoms with E-state index in [1.165, 1.54) is 17.8 Å². The molecule has 286 valence electrons. The van der Waals surface area contributed by atoms with E-state index in [0.717, 1.165) is 12.1 Å². The Balaban J connectivity index is 1.43. The molecule has 4 aromatic rings. The van der Waals surface area contributed by atoms with Gasteiger partial charge >= 0.3 is 11.8 Å². The van der Waals surface area contributed by atoms with Crippen LogP contribution in [0.15, 0.2) is 94.1 Å². The van der Waals surface area contributed by atoms with Crippen LogP contribution in [0.3, 0.4) is 0 Å². The summed E-state index contributed by atoms with van der Waals surface area (Å²) >= 11 is 1.52. The number of amides is 5. The first kappa shape index (κ1) is 41.1. The average Bonchev–Trinajstić information content (AvgIpc) is 3.14. The fourth-order valence-electron chi connectivity index (χ4n) is 5.28.